The summed E-state index contributed by atoms with van der Waals surface area (Å²) in [5.74, 6) is 0.787. The van der Waals surface area contributed by atoms with E-state index < -0.39 is 24.5 Å². The van der Waals surface area contributed by atoms with Gasteiger partial charge < -0.3 is 18.9 Å². The lowest BCUT2D eigenvalue weighted by Gasteiger charge is -2.30. The lowest BCUT2D eigenvalue weighted by molar-refractivity contribution is -0.0752. The molecular weight excluding hydrogens is 360 g/mol. The van der Waals surface area contributed by atoms with Crippen LogP contribution in [0.5, 0.6) is 0 Å². The van der Waals surface area contributed by atoms with Crippen LogP contribution in [0.4, 0.5) is 9.59 Å². The van der Waals surface area contributed by atoms with Crippen LogP contribution >= 0.6 is 0 Å². The predicted octanol–water partition coefficient (Wildman–Crippen LogP) is 6.40. The van der Waals surface area contributed by atoms with Crippen LogP contribution < -0.4 is 0 Å². The summed E-state index contributed by atoms with van der Waals surface area (Å²) < 4.78 is 20.9. The van der Waals surface area contributed by atoms with E-state index in [-0.39, 0.29) is 6.10 Å². The molecule has 1 fully saturated rings. The monoisotopic (exact) mass is 400 g/mol. The first-order chi connectivity index (χ1) is 13.4. The number of rotatable bonds is 12. The third-order valence-corrected chi connectivity index (χ3v) is 4.86. The third-order valence-electron chi connectivity index (χ3n) is 4.86. The molecule has 28 heavy (non-hydrogen) atoms. The van der Waals surface area contributed by atoms with Gasteiger partial charge in [-0.25, -0.2) is 9.59 Å². The Bertz CT molecular complexity index is 435. The van der Waals surface area contributed by atoms with Gasteiger partial charge >= 0.3 is 12.3 Å². The van der Waals surface area contributed by atoms with E-state index in [9.17, 15) is 9.59 Å². The standard InChI is InChI=1S/C22H40O6/c1-17(2)13-9-7-5-6-8-12-16-25-21(23)27-19-14-10-11-15-20(19)28-22(24)26-18(3)4/h17-20H,5-16H2,1-4H3. The summed E-state index contributed by atoms with van der Waals surface area (Å²) in [6, 6.07) is 0. The molecule has 0 radical (unpaired) electrons. The van der Waals surface area contributed by atoms with E-state index >= 15 is 0 Å². The fourth-order valence-corrected chi connectivity index (χ4v) is 3.35. The van der Waals surface area contributed by atoms with E-state index in [2.05, 4.69) is 13.8 Å². The van der Waals surface area contributed by atoms with Crippen LogP contribution in [0, 0.1) is 5.92 Å². The van der Waals surface area contributed by atoms with Crippen molar-refractivity contribution < 1.29 is 28.5 Å². The van der Waals surface area contributed by atoms with Crippen LogP contribution in [0.2, 0.25) is 0 Å². The summed E-state index contributed by atoms with van der Waals surface area (Å²) in [5, 5.41) is 0. The summed E-state index contributed by atoms with van der Waals surface area (Å²) in [7, 11) is 0. The zero-order valence-electron chi connectivity index (χ0n) is 18.2. The first-order valence-electron chi connectivity index (χ1n) is 11.1. The lowest BCUT2D eigenvalue weighted by atomic mass is 9.95. The number of hydrogen-bond acceptors (Lipinski definition) is 6. The molecule has 1 aliphatic rings. The topological polar surface area (TPSA) is 71.1 Å². The summed E-state index contributed by atoms with van der Waals surface area (Å²) in [6.45, 7) is 8.42. The summed E-state index contributed by atoms with van der Waals surface area (Å²) >= 11 is 0. The maximum atomic E-state index is 11.9. The quantitative estimate of drug-likeness (QED) is 0.279. The van der Waals surface area contributed by atoms with E-state index in [1.807, 2.05) is 0 Å². The highest BCUT2D eigenvalue weighted by Crippen LogP contribution is 2.25. The van der Waals surface area contributed by atoms with E-state index in [1.165, 1.54) is 32.1 Å². The second-order valence-electron chi connectivity index (χ2n) is 8.42. The average molecular weight is 401 g/mol. The van der Waals surface area contributed by atoms with Crippen molar-refractivity contribution in [3.63, 3.8) is 0 Å². The molecule has 1 saturated carbocycles. The minimum absolute atomic E-state index is 0.240. The largest absolute Gasteiger partial charge is 0.508 e. The van der Waals surface area contributed by atoms with Crippen molar-refractivity contribution in [2.45, 2.75) is 117 Å². The van der Waals surface area contributed by atoms with Gasteiger partial charge in [0.05, 0.1) is 12.7 Å². The molecule has 6 heteroatoms. The van der Waals surface area contributed by atoms with Crippen LogP contribution in [0.15, 0.2) is 0 Å². The van der Waals surface area contributed by atoms with Gasteiger partial charge in [0.1, 0.15) is 12.2 Å². The third kappa shape index (κ3) is 12.1. The van der Waals surface area contributed by atoms with Crippen molar-refractivity contribution in [2.24, 2.45) is 5.92 Å². The van der Waals surface area contributed by atoms with E-state index in [4.69, 9.17) is 18.9 Å². The number of carbonyl (C=O) groups excluding carboxylic acids is 2. The molecule has 0 bridgehead atoms. The van der Waals surface area contributed by atoms with Crippen LogP contribution in [-0.2, 0) is 18.9 Å². The summed E-state index contributed by atoms with van der Waals surface area (Å²) in [5.41, 5.74) is 0. The Kier molecular flexibility index (Phi) is 12.8. The lowest BCUT2D eigenvalue weighted by Crippen LogP contribution is -2.38. The Morgan fingerprint density at radius 1 is 0.786 bits per heavy atom. The van der Waals surface area contributed by atoms with E-state index in [1.54, 1.807) is 13.8 Å². The highest BCUT2D eigenvalue weighted by Gasteiger charge is 2.32. The Labute approximate surface area is 170 Å². The van der Waals surface area contributed by atoms with Crippen LogP contribution in [-0.4, -0.2) is 37.2 Å². The molecule has 6 nitrogen and oxygen atoms in total. The molecule has 0 N–H and O–H groups in total. The molecule has 0 aromatic heterocycles. The van der Waals surface area contributed by atoms with Gasteiger partial charge in [0.25, 0.3) is 0 Å². The SMILES string of the molecule is CC(C)CCCCCCCCOC(=O)OC1CCCCC1OC(=O)OC(C)C. The minimum Gasteiger partial charge on any atom is -0.434 e. The average Bonchev–Trinajstić information content (AvgIpc) is 2.61. The van der Waals surface area contributed by atoms with Crippen molar-refractivity contribution >= 4 is 12.3 Å². The van der Waals surface area contributed by atoms with Gasteiger partial charge in [0.2, 0.25) is 0 Å². The van der Waals surface area contributed by atoms with Crippen molar-refractivity contribution in [3.05, 3.63) is 0 Å². The number of hydrogen-bond donors (Lipinski definition) is 0. The number of unbranched alkanes of at least 4 members (excludes halogenated alkanes) is 5. The second-order valence-corrected chi connectivity index (χ2v) is 8.42. The normalized spacial score (nSPS) is 19.5. The Morgan fingerprint density at radius 2 is 1.32 bits per heavy atom. The van der Waals surface area contributed by atoms with Gasteiger partial charge in [-0.15, -0.1) is 0 Å². The van der Waals surface area contributed by atoms with Gasteiger partial charge in [-0.3, -0.25) is 0 Å². The molecule has 0 heterocycles. The second kappa shape index (κ2) is 14.5. The van der Waals surface area contributed by atoms with Crippen LogP contribution in [0.1, 0.15) is 98.3 Å². The summed E-state index contributed by atoms with van der Waals surface area (Å²) in [6.07, 6.45) is 8.89. The van der Waals surface area contributed by atoms with Crippen molar-refractivity contribution in [3.8, 4) is 0 Å². The Morgan fingerprint density at radius 3 is 1.89 bits per heavy atom. The molecule has 2 unspecified atom stereocenters. The van der Waals surface area contributed by atoms with Gasteiger partial charge in [0.15, 0.2) is 0 Å². The van der Waals surface area contributed by atoms with E-state index in [0.29, 0.717) is 19.4 Å². The van der Waals surface area contributed by atoms with Gasteiger partial charge in [-0.05, 0) is 51.9 Å². The molecular formula is C22H40O6. The number of carbonyl (C=O) groups is 2. The highest BCUT2D eigenvalue weighted by molar-refractivity contribution is 5.61. The number of ether oxygens (including phenoxy) is 4. The first kappa shape index (κ1) is 24.6. The highest BCUT2D eigenvalue weighted by atomic mass is 16.8. The van der Waals surface area contributed by atoms with Crippen LogP contribution in [0.3, 0.4) is 0 Å². The fourth-order valence-electron chi connectivity index (χ4n) is 3.35. The molecule has 2 atom stereocenters. The van der Waals surface area contributed by atoms with E-state index in [0.717, 1.165) is 31.6 Å². The molecule has 0 amide bonds. The van der Waals surface area contributed by atoms with Crippen LogP contribution in [0.25, 0.3) is 0 Å². The van der Waals surface area contributed by atoms with Gasteiger partial charge in [0, 0.05) is 0 Å². The van der Waals surface area contributed by atoms with Crippen molar-refractivity contribution in [2.75, 3.05) is 6.61 Å². The first-order valence-corrected chi connectivity index (χ1v) is 11.1. The Balaban J connectivity index is 2.14. The van der Waals surface area contributed by atoms with Crippen molar-refractivity contribution in [1.82, 2.24) is 0 Å². The fraction of sp³-hybridized carbons (Fsp3) is 0.909. The van der Waals surface area contributed by atoms with Gasteiger partial charge in [-0.2, -0.15) is 0 Å². The molecule has 0 saturated heterocycles. The summed E-state index contributed by atoms with van der Waals surface area (Å²) in [4.78, 5) is 23.7. The maximum Gasteiger partial charge on any atom is 0.508 e. The zero-order valence-corrected chi connectivity index (χ0v) is 18.2. The minimum atomic E-state index is -0.711. The predicted molar refractivity (Wildman–Crippen MR) is 108 cm³/mol. The molecule has 0 aromatic carbocycles. The van der Waals surface area contributed by atoms with Crippen molar-refractivity contribution in [1.29, 1.82) is 0 Å². The molecule has 0 aliphatic heterocycles. The molecule has 1 aliphatic carbocycles. The maximum absolute atomic E-state index is 11.9. The molecule has 0 aromatic rings. The zero-order chi connectivity index (χ0) is 20.8. The molecule has 1 rings (SSSR count). The molecule has 0 spiro atoms. The Hall–Kier alpha value is -1.46. The smallest absolute Gasteiger partial charge is 0.434 e. The van der Waals surface area contributed by atoms with Gasteiger partial charge in [-0.1, -0.05) is 52.4 Å². The molecule has 164 valence electrons.